The Morgan fingerprint density at radius 2 is 2.00 bits per heavy atom. The minimum absolute atomic E-state index is 0.0860. The summed E-state index contributed by atoms with van der Waals surface area (Å²) in [4.78, 5) is 26.4. The Labute approximate surface area is 148 Å². The van der Waals surface area contributed by atoms with Gasteiger partial charge in [0.15, 0.2) is 0 Å². The van der Waals surface area contributed by atoms with Crippen molar-refractivity contribution >= 4 is 11.8 Å². The van der Waals surface area contributed by atoms with Crippen LogP contribution >= 0.6 is 0 Å². The lowest BCUT2D eigenvalue weighted by Crippen LogP contribution is -2.65. The van der Waals surface area contributed by atoms with Crippen molar-refractivity contribution in [3.8, 4) is 5.75 Å². The lowest BCUT2D eigenvalue weighted by atomic mass is 10.0. The molecular formula is C18H26N4O3. The summed E-state index contributed by atoms with van der Waals surface area (Å²) in [5.41, 5.74) is 0.558. The second kappa shape index (κ2) is 7.84. The molecule has 2 unspecified atom stereocenters. The lowest BCUT2D eigenvalue weighted by molar-refractivity contribution is -0.127. The molecule has 0 aliphatic carbocycles. The highest BCUT2D eigenvalue weighted by molar-refractivity contribution is 5.97. The van der Waals surface area contributed by atoms with Crippen LogP contribution in [-0.4, -0.2) is 55.3 Å². The molecule has 3 N–H and O–H groups in total. The van der Waals surface area contributed by atoms with Crippen molar-refractivity contribution in [1.29, 1.82) is 0 Å². The van der Waals surface area contributed by atoms with Crippen molar-refractivity contribution in [2.75, 3.05) is 20.2 Å². The summed E-state index contributed by atoms with van der Waals surface area (Å²) in [6.07, 6.45) is 2.11. The Kier molecular flexibility index (Phi) is 5.55. The molecule has 0 spiro atoms. The number of hydrogen-bond acceptors (Lipinski definition) is 5. The third-order valence-electron chi connectivity index (χ3n) is 4.81. The van der Waals surface area contributed by atoms with Gasteiger partial charge in [-0.1, -0.05) is 12.1 Å². The molecule has 2 aliphatic heterocycles. The van der Waals surface area contributed by atoms with Crippen LogP contribution in [0.1, 0.15) is 36.5 Å². The van der Waals surface area contributed by atoms with E-state index in [0.29, 0.717) is 17.7 Å². The number of ether oxygens (including phenoxy) is 1. The van der Waals surface area contributed by atoms with Crippen LogP contribution in [0.5, 0.6) is 5.75 Å². The number of para-hydroxylation sites is 1. The molecule has 1 aromatic rings. The smallest absolute Gasteiger partial charge is 0.255 e. The van der Waals surface area contributed by atoms with Crippen molar-refractivity contribution in [1.82, 2.24) is 20.9 Å². The fourth-order valence-electron chi connectivity index (χ4n) is 3.45. The normalized spacial score (nSPS) is 25.3. The zero-order chi connectivity index (χ0) is 17.8. The summed E-state index contributed by atoms with van der Waals surface area (Å²) in [6.45, 7) is 3.66. The van der Waals surface area contributed by atoms with E-state index in [4.69, 9.17) is 4.74 Å². The van der Waals surface area contributed by atoms with E-state index < -0.39 is 0 Å². The highest BCUT2D eigenvalue weighted by atomic mass is 16.5. The Balaban J connectivity index is 1.52. The number of methoxy groups -OCH3 is 1. The number of piperidine rings is 1. The predicted molar refractivity (Wildman–Crippen MR) is 94.2 cm³/mol. The maximum Gasteiger partial charge on any atom is 0.255 e. The summed E-state index contributed by atoms with van der Waals surface area (Å²) < 4.78 is 5.25. The summed E-state index contributed by atoms with van der Waals surface area (Å²) in [5, 5.41) is 9.49. The number of benzene rings is 1. The van der Waals surface area contributed by atoms with Crippen molar-refractivity contribution in [2.45, 2.75) is 44.6 Å². The fraction of sp³-hybridized carbons (Fsp3) is 0.556. The monoisotopic (exact) mass is 346 g/mol. The van der Waals surface area contributed by atoms with Crippen LogP contribution in [0.25, 0.3) is 0 Å². The van der Waals surface area contributed by atoms with Gasteiger partial charge in [-0.05, 0) is 31.9 Å². The SMILES string of the molecule is COc1ccccc1C(=O)NC1CCN(C2NC(=O)CC(C)N2)CC1. The molecule has 0 saturated carbocycles. The van der Waals surface area contributed by atoms with Crippen molar-refractivity contribution < 1.29 is 14.3 Å². The molecular weight excluding hydrogens is 320 g/mol. The van der Waals surface area contributed by atoms with Crippen LogP contribution in [0.3, 0.4) is 0 Å². The van der Waals surface area contributed by atoms with E-state index in [2.05, 4.69) is 20.9 Å². The Morgan fingerprint density at radius 1 is 1.28 bits per heavy atom. The Morgan fingerprint density at radius 3 is 2.68 bits per heavy atom. The first-order valence-electron chi connectivity index (χ1n) is 8.80. The summed E-state index contributed by atoms with van der Waals surface area (Å²) in [5.74, 6) is 0.567. The minimum atomic E-state index is -0.109. The number of nitrogens with zero attached hydrogens (tertiary/aromatic N) is 1. The van der Waals surface area contributed by atoms with Crippen molar-refractivity contribution in [3.63, 3.8) is 0 Å². The highest BCUT2D eigenvalue weighted by Crippen LogP contribution is 2.19. The standard InChI is InChI=1S/C18H26N4O3/c1-12-11-16(23)21-18(19-12)22-9-7-13(8-10-22)20-17(24)14-5-3-4-6-15(14)25-2/h3-6,12-13,18-19H,7-11H2,1-2H3,(H,20,24)(H,21,23). The molecule has 136 valence electrons. The van der Waals surface area contributed by atoms with Crippen LogP contribution in [0.15, 0.2) is 24.3 Å². The second-order valence-corrected chi connectivity index (χ2v) is 6.73. The van der Waals surface area contributed by atoms with Gasteiger partial charge in [0.2, 0.25) is 5.91 Å². The number of carbonyl (C=O) groups excluding carboxylic acids is 2. The molecule has 2 fully saturated rings. The number of hydrogen-bond donors (Lipinski definition) is 3. The molecule has 2 amide bonds. The number of nitrogens with one attached hydrogen (secondary N) is 3. The van der Waals surface area contributed by atoms with E-state index >= 15 is 0 Å². The topological polar surface area (TPSA) is 82.7 Å². The van der Waals surface area contributed by atoms with Crippen molar-refractivity contribution in [2.24, 2.45) is 0 Å². The van der Waals surface area contributed by atoms with Gasteiger partial charge in [-0.3, -0.25) is 19.8 Å². The molecule has 2 aliphatic rings. The summed E-state index contributed by atoms with van der Waals surface area (Å²) in [6, 6.07) is 7.55. The maximum atomic E-state index is 12.5. The third-order valence-corrected chi connectivity index (χ3v) is 4.81. The van der Waals surface area contributed by atoms with Gasteiger partial charge in [0.05, 0.1) is 12.7 Å². The molecule has 0 bridgehead atoms. The number of rotatable bonds is 4. The molecule has 1 aromatic carbocycles. The molecule has 0 radical (unpaired) electrons. The van der Waals surface area contributed by atoms with E-state index in [1.165, 1.54) is 0 Å². The lowest BCUT2D eigenvalue weighted by Gasteiger charge is -2.41. The van der Waals surface area contributed by atoms with E-state index in [-0.39, 0.29) is 30.2 Å². The van der Waals surface area contributed by atoms with Gasteiger partial charge in [0, 0.05) is 31.6 Å². The number of amides is 2. The highest BCUT2D eigenvalue weighted by Gasteiger charge is 2.31. The predicted octanol–water partition coefficient (Wildman–Crippen LogP) is 0.671. The maximum absolute atomic E-state index is 12.5. The zero-order valence-electron chi connectivity index (χ0n) is 14.7. The van der Waals surface area contributed by atoms with Gasteiger partial charge < -0.3 is 15.4 Å². The summed E-state index contributed by atoms with van der Waals surface area (Å²) >= 11 is 0. The fourth-order valence-corrected chi connectivity index (χ4v) is 3.45. The largest absolute Gasteiger partial charge is 0.496 e. The summed E-state index contributed by atoms with van der Waals surface area (Å²) in [7, 11) is 1.57. The second-order valence-electron chi connectivity index (χ2n) is 6.73. The number of carbonyl (C=O) groups is 2. The first-order chi connectivity index (χ1) is 12.1. The Hall–Kier alpha value is -2.12. The van der Waals surface area contributed by atoms with Gasteiger partial charge in [-0.25, -0.2) is 0 Å². The van der Waals surface area contributed by atoms with E-state index in [1.54, 1.807) is 19.2 Å². The van der Waals surface area contributed by atoms with Crippen LogP contribution in [0.4, 0.5) is 0 Å². The van der Waals surface area contributed by atoms with Crippen molar-refractivity contribution in [3.05, 3.63) is 29.8 Å². The van der Waals surface area contributed by atoms with E-state index in [9.17, 15) is 9.59 Å². The average Bonchev–Trinajstić information content (AvgIpc) is 2.61. The minimum Gasteiger partial charge on any atom is -0.496 e. The molecule has 7 heteroatoms. The van der Waals surface area contributed by atoms with E-state index in [0.717, 1.165) is 25.9 Å². The van der Waals surface area contributed by atoms with Gasteiger partial charge >= 0.3 is 0 Å². The molecule has 2 saturated heterocycles. The van der Waals surface area contributed by atoms with E-state index in [1.807, 2.05) is 19.1 Å². The third kappa shape index (κ3) is 4.29. The average molecular weight is 346 g/mol. The van der Waals surface area contributed by atoms with Crippen LogP contribution in [0.2, 0.25) is 0 Å². The zero-order valence-corrected chi connectivity index (χ0v) is 14.7. The van der Waals surface area contributed by atoms with Gasteiger partial charge in [0.1, 0.15) is 12.0 Å². The van der Waals surface area contributed by atoms with Crippen LogP contribution < -0.4 is 20.7 Å². The quantitative estimate of drug-likeness (QED) is 0.746. The van der Waals surface area contributed by atoms with Gasteiger partial charge in [-0.15, -0.1) is 0 Å². The molecule has 25 heavy (non-hydrogen) atoms. The first kappa shape index (κ1) is 17.7. The molecule has 0 aromatic heterocycles. The van der Waals surface area contributed by atoms with Crippen LogP contribution in [-0.2, 0) is 4.79 Å². The first-order valence-corrected chi connectivity index (χ1v) is 8.80. The van der Waals surface area contributed by atoms with Gasteiger partial charge in [0.25, 0.3) is 5.91 Å². The van der Waals surface area contributed by atoms with Crippen LogP contribution in [0, 0.1) is 0 Å². The van der Waals surface area contributed by atoms with Gasteiger partial charge in [-0.2, -0.15) is 0 Å². The Bertz CT molecular complexity index is 629. The molecule has 2 heterocycles. The molecule has 3 rings (SSSR count). The molecule has 2 atom stereocenters. The number of likely N-dealkylation sites (tertiary alicyclic amines) is 1. The molecule has 7 nitrogen and oxygen atoms in total.